The molecule has 1 aliphatic heterocycles. The zero-order chi connectivity index (χ0) is 14.0. The van der Waals surface area contributed by atoms with Gasteiger partial charge in [-0.25, -0.2) is 9.59 Å². The summed E-state index contributed by atoms with van der Waals surface area (Å²) >= 11 is 0. The molecule has 0 aromatic heterocycles. The van der Waals surface area contributed by atoms with Gasteiger partial charge in [0, 0.05) is 20.0 Å². The number of carbonyl (C=O) groups excluding carboxylic acids is 2. The number of esters is 1. The lowest BCUT2D eigenvalue weighted by Crippen LogP contribution is -2.53. The number of nitrogens with zero attached hydrogens (tertiary/aromatic N) is 1. The predicted molar refractivity (Wildman–Crippen MR) is 51.6 cm³/mol. The van der Waals surface area contributed by atoms with Gasteiger partial charge in [0.25, 0.3) is 5.72 Å². The predicted octanol–water partition coefficient (Wildman–Crippen LogP) is 0.321. The first-order valence-electron chi connectivity index (χ1n) is 5.19. The second-order valence-electron chi connectivity index (χ2n) is 4.01. The first kappa shape index (κ1) is 14.7. The van der Waals surface area contributed by atoms with Gasteiger partial charge < -0.3 is 9.57 Å². The lowest BCUT2D eigenvalue weighted by Gasteiger charge is -2.25. The minimum atomic E-state index is -5.21. The van der Waals surface area contributed by atoms with E-state index in [1.54, 1.807) is 0 Å². The number of carbonyl (C=O) groups is 2. The molecule has 1 saturated heterocycles. The lowest BCUT2D eigenvalue weighted by atomic mass is 10.3. The second-order valence-corrected chi connectivity index (χ2v) is 4.01. The molecule has 0 bridgehead atoms. The molecular weight excluding hydrogens is 257 g/mol. The van der Waals surface area contributed by atoms with Crippen molar-refractivity contribution in [1.82, 2.24) is 5.06 Å². The molecule has 9 heteroatoms. The van der Waals surface area contributed by atoms with Crippen LogP contribution in [-0.2, 0) is 19.2 Å². The van der Waals surface area contributed by atoms with Gasteiger partial charge in [-0.1, -0.05) is 0 Å². The highest BCUT2D eigenvalue weighted by molar-refractivity contribution is 5.84. The van der Waals surface area contributed by atoms with E-state index in [2.05, 4.69) is 4.74 Å². The maximum Gasteiger partial charge on any atom is 0.491 e. The van der Waals surface area contributed by atoms with Crippen molar-refractivity contribution in [2.24, 2.45) is 5.73 Å². The summed E-state index contributed by atoms with van der Waals surface area (Å²) in [4.78, 5) is 26.7. The molecule has 0 aromatic carbocycles. The van der Waals surface area contributed by atoms with Crippen LogP contribution in [0.25, 0.3) is 0 Å². The molecular formula is C9H13F3N2O4. The quantitative estimate of drug-likeness (QED) is 0.587. The van der Waals surface area contributed by atoms with Crippen molar-refractivity contribution < 1.29 is 32.3 Å². The van der Waals surface area contributed by atoms with Gasteiger partial charge in [-0.3, -0.25) is 5.73 Å². The number of halogens is 3. The van der Waals surface area contributed by atoms with Gasteiger partial charge in [0.1, 0.15) is 0 Å². The fourth-order valence-electron chi connectivity index (χ4n) is 1.28. The monoisotopic (exact) mass is 270 g/mol. The van der Waals surface area contributed by atoms with E-state index >= 15 is 0 Å². The van der Waals surface area contributed by atoms with Crippen LogP contribution in [0, 0.1) is 0 Å². The summed E-state index contributed by atoms with van der Waals surface area (Å²) < 4.78 is 39.8. The number of alkyl halides is 3. The molecule has 0 saturated carbocycles. The number of hydrogen-bond acceptors (Lipinski definition) is 6. The summed E-state index contributed by atoms with van der Waals surface area (Å²) in [6, 6.07) is 0. The Bertz CT molecular complexity index is 337. The van der Waals surface area contributed by atoms with Crippen LogP contribution in [0.1, 0.15) is 19.8 Å². The molecule has 0 amide bonds. The van der Waals surface area contributed by atoms with E-state index in [1.807, 2.05) is 0 Å². The zero-order valence-corrected chi connectivity index (χ0v) is 9.62. The van der Waals surface area contributed by atoms with Crippen LogP contribution in [-0.4, -0.2) is 42.0 Å². The van der Waals surface area contributed by atoms with E-state index < -0.39 is 23.8 Å². The summed E-state index contributed by atoms with van der Waals surface area (Å²) in [6.07, 6.45) is -3.61. The third-order valence-corrected chi connectivity index (χ3v) is 2.22. The van der Waals surface area contributed by atoms with Gasteiger partial charge >= 0.3 is 18.1 Å². The van der Waals surface area contributed by atoms with Crippen LogP contribution in [0.3, 0.4) is 0 Å². The van der Waals surface area contributed by atoms with Crippen molar-refractivity contribution >= 4 is 11.9 Å². The number of nitrogens with two attached hydrogens (primary N) is 1. The molecule has 1 rings (SSSR count). The average molecular weight is 270 g/mol. The first-order valence-corrected chi connectivity index (χ1v) is 5.19. The minimum absolute atomic E-state index is 0.467. The second kappa shape index (κ2) is 5.11. The number of hydroxylamine groups is 2. The Balaban J connectivity index is 2.56. The maximum absolute atomic E-state index is 12.0. The van der Waals surface area contributed by atoms with Crippen molar-refractivity contribution in [3.8, 4) is 0 Å². The van der Waals surface area contributed by atoms with E-state index in [0.717, 1.165) is 19.8 Å². The smallest absolute Gasteiger partial charge is 0.426 e. The largest absolute Gasteiger partial charge is 0.491 e. The van der Waals surface area contributed by atoms with Gasteiger partial charge in [-0.05, 0) is 12.8 Å². The molecule has 104 valence electrons. The number of rotatable bonds is 3. The summed E-state index contributed by atoms with van der Waals surface area (Å²) in [6.45, 7) is 1.76. The van der Waals surface area contributed by atoms with Crippen molar-refractivity contribution in [2.75, 3.05) is 13.1 Å². The van der Waals surface area contributed by atoms with Crippen LogP contribution < -0.4 is 5.73 Å². The lowest BCUT2D eigenvalue weighted by molar-refractivity contribution is -0.229. The molecule has 0 aromatic rings. The Hall–Kier alpha value is -1.35. The van der Waals surface area contributed by atoms with Gasteiger partial charge in [-0.15, -0.1) is 5.06 Å². The Morgan fingerprint density at radius 2 is 1.67 bits per heavy atom. The molecule has 1 heterocycles. The third kappa shape index (κ3) is 3.84. The SMILES string of the molecule is C[C@@](N)(OC(=O)C(F)(F)F)C(=O)ON1CCCC1. The Kier molecular flexibility index (Phi) is 4.17. The van der Waals surface area contributed by atoms with Gasteiger partial charge in [0.05, 0.1) is 0 Å². The van der Waals surface area contributed by atoms with Crippen LogP contribution in [0.15, 0.2) is 0 Å². The highest BCUT2D eigenvalue weighted by Gasteiger charge is 2.47. The van der Waals surface area contributed by atoms with Crippen molar-refractivity contribution in [2.45, 2.75) is 31.7 Å². The van der Waals surface area contributed by atoms with Crippen LogP contribution >= 0.6 is 0 Å². The topological polar surface area (TPSA) is 81.9 Å². The molecule has 0 radical (unpaired) electrons. The minimum Gasteiger partial charge on any atom is -0.426 e. The zero-order valence-electron chi connectivity index (χ0n) is 9.62. The normalized spacial score (nSPS) is 20.3. The van der Waals surface area contributed by atoms with E-state index in [1.165, 1.54) is 5.06 Å². The molecule has 2 N–H and O–H groups in total. The summed E-state index contributed by atoms with van der Waals surface area (Å²) in [5.41, 5.74) is 2.71. The summed E-state index contributed by atoms with van der Waals surface area (Å²) in [5.74, 6) is -3.78. The molecule has 1 aliphatic rings. The Morgan fingerprint density at radius 1 is 1.17 bits per heavy atom. The molecule has 1 fully saturated rings. The third-order valence-electron chi connectivity index (χ3n) is 2.22. The van der Waals surface area contributed by atoms with Crippen molar-refractivity contribution in [3.63, 3.8) is 0 Å². The summed E-state index contributed by atoms with van der Waals surface area (Å²) in [5, 5.41) is 1.26. The Labute approximate surface area is 101 Å². The average Bonchev–Trinajstić information content (AvgIpc) is 2.68. The Morgan fingerprint density at radius 3 is 2.11 bits per heavy atom. The van der Waals surface area contributed by atoms with E-state index in [0.29, 0.717) is 13.1 Å². The molecule has 6 nitrogen and oxygen atoms in total. The maximum atomic E-state index is 12.0. The highest BCUT2D eigenvalue weighted by Crippen LogP contribution is 2.20. The van der Waals surface area contributed by atoms with E-state index in [9.17, 15) is 22.8 Å². The van der Waals surface area contributed by atoms with Crippen LogP contribution in [0.4, 0.5) is 13.2 Å². The van der Waals surface area contributed by atoms with Gasteiger partial charge in [0.15, 0.2) is 0 Å². The molecule has 0 spiro atoms. The van der Waals surface area contributed by atoms with E-state index in [4.69, 9.17) is 10.6 Å². The van der Waals surface area contributed by atoms with Crippen LogP contribution in [0.2, 0.25) is 0 Å². The van der Waals surface area contributed by atoms with Gasteiger partial charge in [-0.2, -0.15) is 13.2 Å². The first-order chi connectivity index (χ1) is 8.13. The fraction of sp³-hybridized carbons (Fsp3) is 0.778. The highest BCUT2D eigenvalue weighted by atomic mass is 19.4. The van der Waals surface area contributed by atoms with Crippen molar-refractivity contribution in [1.29, 1.82) is 0 Å². The number of ether oxygens (including phenoxy) is 1. The molecule has 18 heavy (non-hydrogen) atoms. The van der Waals surface area contributed by atoms with Crippen LogP contribution in [0.5, 0.6) is 0 Å². The molecule has 0 unspecified atom stereocenters. The van der Waals surface area contributed by atoms with Crippen molar-refractivity contribution in [3.05, 3.63) is 0 Å². The molecule has 1 atom stereocenters. The van der Waals surface area contributed by atoms with E-state index in [-0.39, 0.29) is 0 Å². The number of hydrogen-bond donors (Lipinski definition) is 1. The van der Waals surface area contributed by atoms with Gasteiger partial charge in [0.2, 0.25) is 0 Å². The molecule has 0 aliphatic carbocycles. The summed E-state index contributed by atoms with van der Waals surface area (Å²) in [7, 11) is 0. The standard InChI is InChI=1S/C9H13F3N2O4/c1-8(13,17-7(16)9(10,11)12)6(15)18-14-4-2-3-5-14/h2-5,13H2,1H3/t8-/m1/s1. The fourth-order valence-corrected chi connectivity index (χ4v) is 1.28.